The van der Waals surface area contributed by atoms with Gasteiger partial charge in [0.15, 0.2) is 18.1 Å². The lowest BCUT2D eigenvalue weighted by atomic mass is 9.77. The Hall–Kier alpha value is -4.79. The van der Waals surface area contributed by atoms with Crippen molar-refractivity contribution in [2.24, 2.45) is 11.0 Å². The minimum atomic E-state index is -0.522. The van der Waals surface area contributed by atoms with Crippen LogP contribution in [-0.2, 0) is 20.7 Å². The summed E-state index contributed by atoms with van der Waals surface area (Å²) < 4.78 is 26.7. The number of methoxy groups -OCH3 is 4. The number of amides is 1. The van der Waals surface area contributed by atoms with Gasteiger partial charge in [0.25, 0.3) is 5.91 Å². The van der Waals surface area contributed by atoms with Crippen LogP contribution in [0.2, 0.25) is 0 Å². The van der Waals surface area contributed by atoms with Crippen LogP contribution in [-0.4, -0.2) is 57.6 Å². The molecule has 3 aromatic rings. The number of carbonyl (C=O) groups excluding carboxylic acids is 2. The summed E-state index contributed by atoms with van der Waals surface area (Å²) in [7, 11) is 6.34. The molecule has 3 aromatic carbocycles. The molecule has 1 amide bonds. The van der Waals surface area contributed by atoms with Gasteiger partial charge in [0.2, 0.25) is 0 Å². The molecule has 2 aliphatic rings. The number of esters is 1. The Kier molecular flexibility index (Phi) is 9.29. The van der Waals surface area contributed by atoms with Crippen LogP contribution in [0.3, 0.4) is 0 Å². The Balaban J connectivity index is 1.37. The number of benzene rings is 3. The van der Waals surface area contributed by atoms with Gasteiger partial charge in [-0.25, -0.2) is 5.01 Å². The molecule has 1 fully saturated rings. The maximum absolute atomic E-state index is 13.6. The van der Waals surface area contributed by atoms with Crippen molar-refractivity contribution in [1.82, 2.24) is 5.01 Å². The van der Waals surface area contributed by atoms with Crippen LogP contribution >= 0.6 is 0 Å². The summed E-state index contributed by atoms with van der Waals surface area (Å²) in [6, 6.07) is 20.5. The lowest BCUT2D eigenvalue weighted by molar-refractivity contribution is -0.152. The van der Waals surface area contributed by atoms with Gasteiger partial charge in [0, 0.05) is 5.92 Å². The molecule has 2 atom stereocenters. The van der Waals surface area contributed by atoms with Crippen molar-refractivity contribution in [1.29, 1.82) is 0 Å². The Labute approximate surface area is 251 Å². The SMILES string of the molecule is COc1ccc(C=C2CCCC3C2=NN(C(=O)COC(=O)Cc2ccc(OC)c(OC)c2)C3c2ccc(OC)cc2)cc1. The number of hydrogen-bond donors (Lipinski definition) is 0. The zero-order valence-electron chi connectivity index (χ0n) is 24.9. The van der Waals surface area contributed by atoms with Crippen molar-refractivity contribution in [3.05, 3.63) is 89.0 Å². The zero-order chi connectivity index (χ0) is 30.3. The first kappa shape index (κ1) is 29.7. The molecular formula is C34H36N2O7. The minimum Gasteiger partial charge on any atom is -0.497 e. The van der Waals surface area contributed by atoms with Crippen LogP contribution < -0.4 is 18.9 Å². The third-order valence-electron chi connectivity index (χ3n) is 7.82. The standard InChI is InChI=1S/C34H36N2O7/c1-39-26-13-8-22(9-14-26)18-25-6-5-7-28-33(25)35-36(34(28)24-11-15-27(40-2)16-12-24)31(37)21-43-32(38)20-23-10-17-29(41-3)30(19-23)42-4/h8-19,28,34H,5-7,20-21H2,1-4H3. The Morgan fingerprint density at radius 2 is 1.53 bits per heavy atom. The molecule has 2 unspecified atom stereocenters. The molecule has 9 nitrogen and oxygen atoms in total. The molecule has 1 heterocycles. The smallest absolute Gasteiger partial charge is 0.310 e. The highest BCUT2D eigenvalue weighted by atomic mass is 16.5. The monoisotopic (exact) mass is 584 g/mol. The third kappa shape index (κ3) is 6.66. The van der Waals surface area contributed by atoms with Gasteiger partial charge in [-0.2, -0.15) is 5.10 Å². The molecular weight excluding hydrogens is 548 g/mol. The summed E-state index contributed by atoms with van der Waals surface area (Å²) in [6.45, 7) is -0.417. The topological polar surface area (TPSA) is 95.9 Å². The molecule has 1 saturated carbocycles. The summed E-state index contributed by atoms with van der Waals surface area (Å²) >= 11 is 0. The van der Waals surface area contributed by atoms with E-state index in [9.17, 15) is 9.59 Å². The first-order chi connectivity index (χ1) is 20.9. The van der Waals surface area contributed by atoms with Crippen molar-refractivity contribution >= 4 is 23.7 Å². The fraction of sp³-hybridized carbons (Fsp3) is 0.324. The normalized spacial score (nSPS) is 18.5. The molecule has 0 saturated heterocycles. The van der Waals surface area contributed by atoms with E-state index in [1.807, 2.05) is 48.5 Å². The van der Waals surface area contributed by atoms with Crippen LogP contribution in [0, 0.1) is 5.92 Å². The number of nitrogens with zero attached hydrogens (tertiary/aromatic N) is 2. The van der Waals surface area contributed by atoms with E-state index in [1.165, 1.54) is 12.1 Å². The predicted molar refractivity (Wildman–Crippen MR) is 163 cm³/mol. The first-order valence-corrected chi connectivity index (χ1v) is 14.2. The van der Waals surface area contributed by atoms with Crippen molar-refractivity contribution in [2.45, 2.75) is 31.7 Å². The van der Waals surface area contributed by atoms with Crippen LogP contribution in [0.15, 0.2) is 77.4 Å². The fourth-order valence-corrected chi connectivity index (χ4v) is 5.66. The van der Waals surface area contributed by atoms with Crippen LogP contribution in [0.4, 0.5) is 0 Å². The van der Waals surface area contributed by atoms with Crippen LogP contribution in [0.25, 0.3) is 6.08 Å². The molecule has 1 aliphatic carbocycles. The maximum atomic E-state index is 13.6. The Morgan fingerprint density at radius 1 is 0.860 bits per heavy atom. The fourth-order valence-electron chi connectivity index (χ4n) is 5.66. The Bertz CT molecular complexity index is 1510. The quantitative estimate of drug-likeness (QED) is 0.285. The molecule has 0 bridgehead atoms. The summed E-state index contributed by atoms with van der Waals surface area (Å²) in [5.74, 6) is 1.71. The first-order valence-electron chi connectivity index (χ1n) is 14.2. The molecule has 5 rings (SSSR count). The van der Waals surface area contributed by atoms with Gasteiger partial charge in [-0.3, -0.25) is 9.59 Å². The van der Waals surface area contributed by atoms with E-state index in [1.54, 1.807) is 39.5 Å². The highest BCUT2D eigenvalue weighted by Gasteiger charge is 2.43. The van der Waals surface area contributed by atoms with E-state index in [-0.39, 0.29) is 24.3 Å². The van der Waals surface area contributed by atoms with Crippen molar-refractivity contribution in [3.8, 4) is 23.0 Å². The van der Waals surface area contributed by atoms with Gasteiger partial charge in [-0.1, -0.05) is 30.3 Å². The summed E-state index contributed by atoms with van der Waals surface area (Å²) in [5.41, 5.74) is 4.66. The molecule has 0 N–H and O–H groups in total. The summed E-state index contributed by atoms with van der Waals surface area (Å²) in [5, 5.41) is 6.38. The van der Waals surface area contributed by atoms with Crippen molar-refractivity contribution < 1.29 is 33.3 Å². The third-order valence-corrected chi connectivity index (χ3v) is 7.82. The zero-order valence-corrected chi connectivity index (χ0v) is 24.9. The van der Waals surface area contributed by atoms with Gasteiger partial charge in [-0.15, -0.1) is 0 Å². The molecule has 0 spiro atoms. The largest absolute Gasteiger partial charge is 0.497 e. The average molecular weight is 585 g/mol. The van der Waals surface area contributed by atoms with E-state index < -0.39 is 12.6 Å². The highest BCUT2D eigenvalue weighted by molar-refractivity contribution is 6.08. The molecule has 0 radical (unpaired) electrons. The average Bonchev–Trinajstić information content (AvgIpc) is 3.44. The number of carbonyl (C=O) groups is 2. The number of allylic oxidation sites excluding steroid dienone is 1. The molecule has 0 aromatic heterocycles. The maximum Gasteiger partial charge on any atom is 0.310 e. The number of rotatable bonds is 10. The number of hydrazone groups is 1. The number of fused-ring (bicyclic) bond motifs is 1. The van der Waals surface area contributed by atoms with Gasteiger partial charge < -0.3 is 23.7 Å². The molecule has 1 aliphatic heterocycles. The van der Waals surface area contributed by atoms with E-state index >= 15 is 0 Å². The second kappa shape index (κ2) is 13.5. The lowest BCUT2D eigenvalue weighted by Gasteiger charge is -2.29. The van der Waals surface area contributed by atoms with Gasteiger partial charge in [0.1, 0.15) is 11.5 Å². The van der Waals surface area contributed by atoms with Gasteiger partial charge >= 0.3 is 5.97 Å². The van der Waals surface area contributed by atoms with Gasteiger partial charge in [0.05, 0.1) is 46.6 Å². The van der Waals surface area contributed by atoms with Crippen molar-refractivity contribution in [3.63, 3.8) is 0 Å². The molecule has 224 valence electrons. The van der Waals surface area contributed by atoms with E-state index in [2.05, 4.69) is 6.08 Å². The van der Waals surface area contributed by atoms with E-state index in [0.717, 1.165) is 53.2 Å². The van der Waals surface area contributed by atoms with E-state index in [0.29, 0.717) is 17.1 Å². The van der Waals surface area contributed by atoms with Crippen LogP contribution in [0.5, 0.6) is 23.0 Å². The molecule has 43 heavy (non-hydrogen) atoms. The van der Waals surface area contributed by atoms with E-state index in [4.69, 9.17) is 28.8 Å². The summed E-state index contributed by atoms with van der Waals surface area (Å²) in [6.07, 6.45) is 4.84. The lowest BCUT2D eigenvalue weighted by Crippen LogP contribution is -2.34. The highest BCUT2D eigenvalue weighted by Crippen LogP contribution is 2.44. The second-order valence-corrected chi connectivity index (χ2v) is 10.4. The number of hydrogen-bond acceptors (Lipinski definition) is 8. The van der Waals surface area contributed by atoms with Crippen molar-refractivity contribution in [2.75, 3.05) is 35.0 Å². The molecule has 9 heteroatoms. The predicted octanol–water partition coefficient (Wildman–Crippen LogP) is 5.63. The summed E-state index contributed by atoms with van der Waals surface area (Å²) in [4.78, 5) is 26.3. The van der Waals surface area contributed by atoms with Crippen LogP contribution in [0.1, 0.15) is 42.0 Å². The number of ether oxygens (including phenoxy) is 5. The minimum absolute atomic E-state index is 0.0121. The Morgan fingerprint density at radius 3 is 2.19 bits per heavy atom. The second-order valence-electron chi connectivity index (χ2n) is 10.4. The van der Waals surface area contributed by atoms with Gasteiger partial charge in [-0.05, 0) is 84.0 Å².